The maximum Gasteiger partial charge on any atom is 0.256 e. The summed E-state index contributed by atoms with van der Waals surface area (Å²) in [6.07, 6.45) is -0.352. The summed E-state index contributed by atoms with van der Waals surface area (Å²) >= 11 is 0. The summed E-state index contributed by atoms with van der Waals surface area (Å²) in [5, 5.41) is 0. The monoisotopic (exact) mass is 254 g/mol. The molecule has 2 aromatic carbocycles. The number of fused-ring (bicyclic) bond motifs is 4. The topological polar surface area (TPSA) is 27.7 Å². The molecule has 1 saturated heterocycles. The van der Waals surface area contributed by atoms with Crippen LogP contribution in [-0.2, 0) is 20.3 Å². The highest BCUT2D eigenvalue weighted by Gasteiger charge is 2.54. The molecule has 0 spiro atoms. The van der Waals surface area contributed by atoms with Gasteiger partial charge in [-0.3, -0.25) is 0 Å². The number of benzene rings is 2. The molecule has 1 fully saturated rings. The highest BCUT2D eigenvalue weighted by Crippen LogP contribution is 2.51. The second-order valence-electron chi connectivity index (χ2n) is 5.02. The second kappa shape index (κ2) is 3.90. The van der Waals surface area contributed by atoms with Crippen LogP contribution in [-0.4, -0.2) is 6.29 Å². The van der Waals surface area contributed by atoms with Crippen LogP contribution in [0.1, 0.15) is 29.5 Å². The normalized spacial score (nSPS) is 32.1. The van der Waals surface area contributed by atoms with Crippen LogP contribution in [0.25, 0.3) is 0 Å². The fourth-order valence-corrected chi connectivity index (χ4v) is 2.88. The zero-order chi connectivity index (χ0) is 12.9. The summed E-state index contributed by atoms with van der Waals surface area (Å²) in [6.45, 7) is 2.09. The van der Waals surface area contributed by atoms with E-state index in [4.69, 9.17) is 14.5 Å². The molecule has 0 aromatic heterocycles. The minimum Gasteiger partial charge on any atom is -0.307 e. The van der Waals surface area contributed by atoms with Gasteiger partial charge < -0.3 is 4.74 Å². The predicted octanol–water partition coefficient (Wildman–Crippen LogP) is 3.31. The molecule has 2 aromatic rings. The predicted molar refractivity (Wildman–Crippen MR) is 69.1 cm³/mol. The fourth-order valence-electron chi connectivity index (χ4n) is 2.88. The van der Waals surface area contributed by atoms with E-state index >= 15 is 0 Å². The molecule has 2 aliphatic heterocycles. The first-order valence-electron chi connectivity index (χ1n) is 6.48. The zero-order valence-corrected chi connectivity index (χ0v) is 10.6. The Hall–Kier alpha value is -1.68. The van der Waals surface area contributed by atoms with E-state index in [1.165, 1.54) is 5.56 Å². The summed E-state index contributed by atoms with van der Waals surface area (Å²) in [5.41, 5.74) is 3.21. The van der Waals surface area contributed by atoms with Gasteiger partial charge in [-0.2, -0.15) is 9.78 Å². The van der Waals surface area contributed by atoms with Crippen LogP contribution in [0.4, 0.5) is 0 Å². The third-order valence-electron chi connectivity index (χ3n) is 3.91. The van der Waals surface area contributed by atoms with Crippen LogP contribution in [0, 0.1) is 0 Å². The molecule has 2 heterocycles. The van der Waals surface area contributed by atoms with Crippen molar-refractivity contribution in [2.45, 2.75) is 24.9 Å². The van der Waals surface area contributed by atoms with E-state index in [9.17, 15) is 0 Å². The average Bonchev–Trinajstić information content (AvgIpc) is 2.89. The first-order valence-corrected chi connectivity index (χ1v) is 6.48. The van der Waals surface area contributed by atoms with E-state index in [1.807, 2.05) is 48.5 Å². The summed E-state index contributed by atoms with van der Waals surface area (Å²) in [7, 11) is 0. The number of hydrogen-bond acceptors (Lipinski definition) is 3. The molecule has 96 valence electrons. The van der Waals surface area contributed by atoms with Gasteiger partial charge in [0, 0.05) is 17.0 Å². The van der Waals surface area contributed by atoms with Gasteiger partial charge in [-0.25, -0.2) is 0 Å². The van der Waals surface area contributed by atoms with E-state index < -0.39 is 5.79 Å². The van der Waals surface area contributed by atoms with Crippen LogP contribution in [0.3, 0.4) is 0 Å². The molecule has 3 heteroatoms. The van der Waals surface area contributed by atoms with E-state index in [1.54, 1.807) is 0 Å². The van der Waals surface area contributed by atoms with Gasteiger partial charge in [-0.15, -0.1) is 0 Å². The molecule has 0 amide bonds. The molecule has 19 heavy (non-hydrogen) atoms. The average molecular weight is 254 g/mol. The maximum atomic E-state index is 6.07. The third kappa shape index (κ3) is 1.43. The molecule has 3 atom stereocenters. The number of ether oxygens (including phenoxy) is 1. The highest BCUT2D eigenvalue weighted by molar-refractivity contribution is 5.43. The van der Waals surface area contributed by atoms with Crippen LogP contribution in [0.2, 0.25) is 0 Å². The van der Waals surface area contributed by atoms with Crippen molar-refractivity contribution < 1.29 is 14.5 Å². The van der Waals surface area contributed by atoms with Crippen molar-refractivity contribution in [1.82, 2.24) is 0 Å². The Labute approximate surface area is 111 Å². The lowest BCUT2D eigenvalue weighted by molar-refractivity contribution is -0.321. The Balaban J connectivity index is 1.97. The van der Waals surface area contributed by atoms with Crippen molar-refractivity contribution in [1.29, 1.82) is 0 Å². The van der Waals surface area contributed by atoms with Gasteiger partial charge in [0.15, 0.2) is 0 Å². The van der Waals surface area contributed by atoms with Gasteiger partial charge in [0.05, 0.1) is 0 Å². The standard InChI is InChI=1S/C16H14O3/c1-11-13-9-5-6-10-14(13)16(17-15(11)18-19-16)12-7-3-2-4-8-12/h2-11,15H,1H3. The second-order valence-corrected chi connectivity index (χ2v) is 5.02. The van der Waals surface area contributed by atoms with E-state index in [0.29, 0.717) is 0 Å². The van der Waals surface area contributed by atoms with Crippen molar-refractivity contribution in [2.24, 2.45) is 0 Å². The minimum atomic E-state index is -0.922. The Morgan fingerprint density at radius 3 is 2.53 bits per heavy atom. The summed E-state index contributed by atoms with van der Waals surface area (Å²) in [4.78, 5) is 11.0. The smallest absolute Gasteiger partial charge is 0.256 e. The SMILES string of the molecule is CC1c2ccccc2C2(c3ccccc3)OOC1O2. The quantitative estimate of drug-likeness (QED) is 0.731. The molecule has 2 aliphatic rings. The molecule has 4 rings (SSSR count). The zero-order valence-electron chi connectivity index (χ0n) is 10.6. The third-order valence-corrected chi connectivity index (χ3v) is 3.91. The van der Waals surface area contributed by atoms with Crippen LogP contribution in [0.15, 0.2) is 54.6 Å². The molecule has 3 nitrogen and oxygen atoms in total. The number of rotatable bonds is 1. The van der Waals surface area contributed by atoms with Crippen molar-refractivity contribution >= 4 is 0 Å². The van der Waals surface area contributed by atoms with Crippen molar-refractivity contribution in [3.05, 3.63) is 71.3 Å². The van der Waals surface area contributed by atoms with Gasteiger partial charge in [0.2, 0.25) is 6.29 Å². The first-order chi connectivity index (χ1) is 9.31. The lowest BCUT2D eigenvalue weighted by atomic mass is 9.85. The lowest BCUT2D eigenvalue weighted by Crippen LogP contribution is -2.36. The van der Waals surface area contributed by atoms with E-state index in [0.717, 1.165) is 11.1 Å². The Kier molecular flexibility index (Phi) is 2.30. The van der Waals surface area contributed by atoms with Crippen LogP contribution < -0.4 is 0 Å². The van der Waals surface area contributed by atoms with Gasteiger partial charge in [0.1, 0.15) is 0 Å². The van der Waals surface area contributed by atoms with Gasteiger partial charge in [-0.05, 0) is 5.56 Å². The molecule has 3 unspecified atom stereocenters. The molecular weight excluding hydrogens is 240 g/mol. The highest BCUT2D eigenvalue weighted by atomic mass is 17.3. The van der Waals surface area contributed by atoms with Crippen LogP contribution in [0.5, 0.6) is 0 Å². The lowest BCUT2D eigenvalue weighted by Gasteiger charge is -2.34. The summed E-state index contributed by atoms with van der Waals surface area (Å²) in [6, 6.07) is 18.1. The summed E-state index contributed by atoms with van der Waals surface area (Å²) < 4.78 is 6.07. The van der Waals surface area contributed by atoms with Crippen LogP contribution >= 0.6 is 0 Å². The fraction of sp³-hybridized carbons (Fsp3) is 0.250. The molecular formula is C16H14O3. The van der Waals surface area contributed by atoms with E-state index in [2.05, 4.69) is 13.0 Å². The van der Waals surface area contributed by atoms with Gasteiger partial charge in [-0.1, -0.05) is 61.5 Å². The van der Waals surface area contributed by atoms with Crippen molar-refractivity contribution in [3.8, 4) is 0 Å². The number of hydrogen-bond donors (Lipinski definition) is 0. The Morgan fingerprint density at radius 2 is 1.68 bits per heavy atom. The molecule has 0 saturated carbocycles. The van der Waals surface area contributed by atoms with Crippen molar-refractivity contribution in [3.63, 3.8) is 0 Å². The molecule has 0 aliphatic carbocycles. The van der Waals surface area contributed by atoms with E-state index in [-0.39, 0.29) is 12.2 Å². The summed E-state index contributed by atoms with van der Waals surface area (Å²) in [5.74, 6) is -0.759. The molecule has 0 N–H and O–H groups in total. The maximum absolute atomic E-state index is 6.07. The molecule has 0 radical (unpaired) electrons. The minimum absolute atomic E-state index is 0.163. The van der Waals surface area contributed by atoms with Gasteiger partial charge >= 0.3 is 0 Å². The molecule has 2 bridgehead atoms. The Bertz CT molecular complexity index is 610. The largest absolute Gasteiger partial charge is 0.307 e. The van der Waals surface area contributed by atoms with Crippen molar-refractivity contribution in [2.75, 3.05) is 0 Å². The van der Waals surface area contributed by atoms with Gasteiger partial charge in [0.25, 0.3) is 5.79 Å². The Morgan fingerprint density at radius 1 is 0.947 bits per heavy atom. The first kappa shape index (κ1) is 11.2.